The molecule has 1 aliphatic heterocycles. The third kappa shape index (κ3) is 2.02. The van der Waals surface area contributed by atoms with Crippen molar-refractivity contribution in [2.75, 3.05) is 13.2 Å². The molecule has 1 aromatic carbocycles. The second kappa shape index (κ2) is 4.30. The van der Waals surface area contributed by atoms with E-state index in [2.05, 4.69) is 6.58 Å². The van der Waals surface area contributed by atoms with Crippen LogP contribution in [0.15, 0.2) is 29.0 Å². The second-order valence-corrected chi connectivity index (χ2v) is 5.30. The molecule has 18 heavy (non-hydrogen) atoms. The molecule has 0 unspecified atom stereocenters. The maximum Gasteiger partial charge on any atom is 0.292 e. The van der Waals surface area contributed by atoms with Gasteiger partial charge in [0.2, 0.25) is 9.84 Å². The van der Waals surface area contributed by atoms with Crippen molar-refractivity contribution < 1.29 is 22.8 Å². The highest BCUT2D eigenvalue weighted by atomic mass is 32.2. The molecule has 0 saturated heterocycles. The zero-order chi connectivity index (χ0) is 13.3. The molecular weight excluding hydrogens is 262 g/mol. The van der Waals surface area contributed by atoms with Crippen LogP contribution in [0.4, 0.5) is 5.69 Å². The largest absolute Gasteiger partial charge is 0.486 e. The van der Waals surface area contributed by atoms with Crippen LogP contribution in [-0.2, 0) is 9.84 Å². The number of nitro benzene ring substituents is 1. The van der Waals surface area contributed by atoms with Gasteiger partial charge >= 0.3 is 0 Å². The van der Waals surface area contributed by atoms with Crippen LogP contribution in [0, 0.1) is 10.1 Å². The van der Waals surface area contributed by atoms with E-state index in [9.17, 15) is 18.5 Å². The summed E-state index contributed by atoms with van der Waals surface area (Å²) in [5.74, 6) is 0.336. The number of sulfone groups is 1. The van der Waals surface area contributed by atoms with Crippen molar-refractivity contribution in [1.82, 2.24) is 0 Å². The number of fused-ring (bicyclic) bond motifs is 1. The van der Waals surface area contributed by atoms with E-state index in [4.69, 9.17) is 9.47 Å². The van der Waals surface area contributed by atoms with Gasteiger partial charge in [0, 0.05) is 11.5 Å². The number of benzene rings is 1. The summed E-state index contributed by atoms with van der Waals surface area (Å²) < 4.78 is 33.7. The minimum absolute atomic E-state index is 0.163. The van der Waals surface area contributed by atoms with E-state index in [1.165, 1.54) is 0 Å². The molecular formula is C10H9NO6S. The van der Waals surface area contributed by atoms with Crippen molar-refractivity contribution in [3.63, 3.8) is 0 Å². The van der Waals surface area contributed by atoms with E-state index in [1.54, 1.807) is 0 Å². The maximum absolute atomic E-state index is 11.7. The fraction of sp³-hybridized carbons (Fsp3) is 0.200. The van der Waals surface area contributed by atoms with E-state index in [0.717, 1.165) is 12.1 Å². The van der Waals surface area contributed by atoms with Crippen molar-refractivity contribution in [3.8, 4) is 11.5 Å². The molecule has 0 amide bonds. The highest BCUT2D eigenvalue weighted by Crippen LogP contribution is 2.38. The Kier molecular flexibility index (Phi) is 2.95. The molecule has 1 aliphatic rings. The standard InChI is InChI=1S/C10H9NO6S/c1-2-18(14,15)10-6-9-8(16-3-4-17-9)5-7(10)11(12)13/h2,5-6H,1,3-4H2. The van der Waals surface area contributed by atoms with Gasteiger partial charge in [-0.2, -0.15) is 0 Å². The lowest BCUT2D eigenvalue weighted by atomic mass is 10.2. The summed E-state index contributed by atoms with van der Waals surface area (Å²) >= 11 is 0. The summed E-state index contributed by atoms with van der Waals surface area (Å²) in [5.41, 5.74) is -0.556. The van der Waals surface area contributed by atoms with E-state index in [-0.39, 0.29) is 24.7 Å². The van der Waals surface area contributed by atoms with Crippen LogP contribution in [0.1, 0.15) is 0 Å². The fourth-order valence-corrected chi connectivity index (χ4v) is 2.40. The summed E-state index contributed by atoms with van der Waals surface area (Å²) in [6.45, 7) is 3.66. The molecule has 0 atom stereocenters. The third-order valence-corrected chi connectivity index (χ3v) is 3.73. The zero-order valence-corrected chi connectivity index (χ0v) is 9.97. The molecule has 2 rings (SSSR count). The minimum atomic E-state index is -3.92. The molecule has 0 aromatic heterocycles. The van der Waals surface area contributed by atoms with Gasteiger partial charge in [0.05, 0.1) is 11.0 Å². The number of nitrogens with zero attached hydrogens (tertiary/aromatic N) is 1. The van der Waals surface area contributed by atoms with E-state index in [1.807, 2.05) is 0 Å². The predicted octanol–water partition coefficient (Wildman–Crippen LogP) is 1.28. The van der Waals surface area contributed by atoms with Gasteiger partial charge in [-0.25, -0.2) is 8.42 Å². The molecule has 96 valence electrons. The number of hydrogen-bond acceptors (Lipinski definition) is 6. The summed E-state index contributed by atoms with van der Waals surface area (Å²) in [5, 5.41) is 11.5. The molecule has 8 heteroatoms. The normalized spacial score (nSPS) is 14.0. The molecule has 0 saturated carbocycles. The number of hydrogen-bond donors (Lipinski definition) is 0. The van der Waals surface area contributed by atoms with Gasteiger partial charge in [0.25, 0.3) is 5.69 Å². The average Bonchev–Trinajstić information content (AvgIpc) is 2.37. The molecule has 0 fully saturated rings. The van der Waals surface area contributed by atoms with Crippen LogP contribution in [0.2, 0.25) is 0 Å². The monoisotopic (exact) mass is 271 g/mol. The van der Waals surface area contributed by atoms with Crippen LogP contribution in [0.3, 0.4) is 0 Å². The third-order valence-electron chi connectivity index (χ3n) is 2.35. The van der Waals surface area contributed by atoms with E-state index in [0.29, 0.717) is 5.41 Å². The molecule has 0 aliphatic carbocycles. The molecule has 0 radical (unpaired) electrons. The van der Waals surface area contributed by atoms with E-state index < -0.39 is 25.3 Å². The highest BCUT2D eigenvalue weighted by Gasteiger charge is 2.28. The van der Waals surface area contributed by atoms with Gasteiger partial charge in [-0.3, -0.25) is 10.1 Å². The highest BCUT2D eigenvalue weighted by molar-refractivity contribution is 7.94. The SMILES string of the molecule is C=CS(=O)(=O)c1cc2c(cc1[N+](=O)[O-])OCCO2. The van der Waals surface area contributed by atoms with Crippen molar-refractivity contribution in [3.05, 3.63) is 34.2 Å². The quantitative estimate of drug-likeness (QED) is 0.607. The number of ether oxygens (including phenoxy) is 2. The van der Waals surface area contributed by atoms with Crippen molar-refractivity contribution >= 4 is 15.5 Å². The lowest BCUT2D eigenvalue weighted by Crippen LogP contribution is -2.16. The topological polar surface area (TPSA) is 95.7 Å². The Balaban J connectivity index is 2.71. The van der Waals surface area contributed by atoms with Gasteiger partial charge in [-0.1, -0.05) is 6.58 Å². The second-order valence-electron chi connectivity index (χ2n) is 3.43. The van der Waals surface area contributed by atoms with Crippen molar-refractivity contribution in [2.45, 2.75) is 4.90 Å². The van der Waals surface area contributed by atoms with Crippen LogP contribution < -0.4 is 9.47 Å². The van der Waals surface area contributed by atoms with Crippen LogP contribution >= 0.6 is 0 Å². The Labute approximate surface area is 103 Å². The van der Waals surface area contributed by atoms with Gasteiger partial charge in [0.15, 0.2) is 16.4 Å². The molecule has 0 spiro atoms. The minimum Gasteiger partial charge on any atom is -0.486 e. The molecule has 1 aromatic rings. The first-order chi connectivity index (χ1) is 8.45. The molecule has 7 nitrogen and oxygen atoms in total. The summed E-state index contributed by atoms with van der Waals surface area (Å²) in [6.07, 6.45) is 0. The fourth-order valence-electron chi connectivity index (χ4n) is 1.52. The van der Waals surface area contributed by atoms with Crippen molar-refractivity contribution in [1.29, 1.82) is 0 Å². The van der Waals surface area contributed by atoms with Crippen LogP contribution in [0.25, 0.3) is 0 Å². The average molecular weight is 271 g/mol. The Morgan fingerprint density at radius 2 is 1.83 bits per heavy atom. The Bertz CT molecular complexity index is 622. The van der Waals surface area contributed by atoms with Crippen LogP contribution in [-0.4, -0.2) is 26.6 Å². The molecule has 0 bridgehead atoms. The number of rotatable bonds is 3. The molecule has 1 heterocycles. The Morgan fingerprint density at radius 3 is 2.33 bits per heavy atom. The Hall–Kier alpha value is -2.09. The first-order valence-electron chi connectivity index (χ1n) is 4.91. The lowest BCUT2D eigenvalue weighted by molar-refractivity contribution is -0.387. The summed E-state index contributed by atoms with van der Waals surface area (Å²) in [7, 11) is -3.92. The summed E-state index contributed by atoms with van der Waals surface area (Å²) in [4.78, 5) is 9.65. The van der Waals surface area contributed by atoms with E-state index >= 15 is 0 Å². The van der Waals surface area contributed by atoms with Gasteiger partial charge in [-0.15, -0.1) is 0 Å². The zero-order valence-electron chi connectivity index (χ0n) is 9.16. The summed E-state index contributed by atoms with van der Waals surface area (Å²) in [6, 6.07) is 2.13. The number of nitro groups is 1. The Morgan fingerprint density at radius 1 is 1.28 bits per heavy atom. The van der Waals surface area contributed by atoms with Gasteiger partial charge in [-0.05, 0) is 0 Å². The first-order valence-corrected chi connectivity index (χ1v) is 6.46. The van der Waals surface area contributed by atoms with Gasteiger partial charge in [0.1, 0.15) is 13.2 Å². The smallest absolute Gasteiger partial charge is 0.292 e. The maximum atomic E-state index is 11.7. The predicted molar refractivity (Wildman–Crippen MR) is 61.5 cm³/mol. The van der Waals surface area contributed by atoms with Crippen LogP contribution in [0.5, 0.6) is 11.5 Å². The van der Waals surface area contributed by atoms with Crippen molar-refractivity contribution in [2.24, 2.45) is 0 Å². The van der Waals surface area contributed by atoms with Gasteiger partial charge < -0.3 is 9.47 Å². The lowest BCUT2D eigenvalue weighted by Gasteiger charge is -2.18. The first kappa shape index (κ1) is 12.4. The molecule has 0 N–H and O–H groups in total.